The molecule has 1 aliphatic heterocycles. The van der Waals surface area contributed by atoms with E-state index in [1.54, 1.807) is 18.2 Å². The number of aryl methyl sites for hydroxylation is 2. The molecular weight excluding hydrogens is 369 g/mol. The fourth-order valence-corrected chi connectivity index (χ4v) is 3.53. The van der Waals surface area contributed by atoms with E-state index in [9.17, 15) is 4.79 Å². The molecule has 138 valence electrons. The number of hydrogen-bond donors (Lipinski definition) is 2. The normalized spacial score (nSPS) is 15.2. The van der Waals surface area contributed by atoms with Gasteiger partial charge in [-0.05, 0) is 55.3 Å². The van der Waals surface area contributed by atoms with Crippen molar-refractivity contribution >= 4 is 40.5 Å². The molecule has 2 aromatic rings. The molecule has 0 aromatic heterocycles. The van der Waals surface area contributed by atoms with Gasteiger partial charge in [0.1, 0.15) is 0 Å². The molecule has 1 aliphatic rings. The van der Waals surface area contributed by atoms with Crippen molar-refractivity contribution in [3.63, 3.8) is 0 Å². The molecule has 1 heterocycles. The second-order valence-corrected chi connectivity index (χ2v) is 7.70. The number of quaternary nitrogens is 1. The SMILES string of the molecule is Cc1ccc(N2CC[NH+](CC(=O)Nc3cc(Cl)ccc3Cl)CC2)cc1C. The van der Waals surface area contributed by atoms with Crippen molar-refractivity contribution in [3.8, 4) is 0 Å². The highest BCUT2D eigenvalue weighted by Gasteiger charge is 2.23. The minimum Gasteiger partial charge on any atom is -0.360 e. The molecule has 0 atom stereocenters. The first-order chi connectivity index (χ1) is 12.4. The second kappa shape index (κ2) is 8.30. The van der Waals surface area contributed by atoms with Gasteiger partial charge in [-0.15, -0.1) is 0 Å². The Kier molecular flexibility index (Phi) is 6.07. The van der Waals surface area contributed by atoms with Crippen LogP contribution < -0.4 is 15.1 Å². The summed E-state index contributed by atoms with van der Waals surface area (Å²) in [5.74, 6) is -0.0382. The summed E-state index contributed by atoms with van der Waals surface area (Å²) in [5, 5.41) is 3.92. The topological polar surface area (TPSA) is 36.8 Å². The number of hydrogen-bond acceptors (Lipinski definition) is 2. The lowest BCUT2D eigenvalue weighted by molar-refractivity contribution is -0.892. The molecule has 26 heavy (non-hydrogen) atoms. The van der Waals surface area contributed by atoms with Crippen LogP contribution in [0.5, 0.6) is 0 Å². The van der Waals surface area contributed by atoms with Crippen LogP contribution in [0.2, 0.25) is 10.0 Å². The van der Waals surface area contributed by atoms with E-state index in [0.29, 0.717) is 22.3 Å². The van der Waals surface area contributed by atoms with E-state index < -0.39 is 0 Å². The summed E-state index contributed by atoms with van der Waals surface area (Å²) in [6, 6.07) is 11.7. The van der Waals surface area contributed by atoms with Crippen LogP contribution >= 0.6 is 23.2 Å². The lowest BCUT2D eigenvalue weighted by Crippen LogP contribution is -3.15. The molecule has 0 radical (unpaired) electrons. The van der Waals surface area contributed by atoms with E-state index in [0.717, 1.165) is 26.2 Å². The van der Waals surface area contributed by atoms with Gasteiger partial charge in [0.15, 0.2) is 6.54 Å². The van der Waals surface area contributed by atoms with Crippen LogP contribution in [0.15, 0.2) is 36.4 Å². The van der Waals surface area contributed by atoms with Crippen LogP contribution in [0.3, 0.4) is 0 Å². The van der Waals surface area contributed by atoms with Gasteiger partial charge in [-0.1, -0.05) is 29.3 Å². The monoisotopic (exact) mass is 392 g/mol. The predicted molar refractivity (Wildman–Crippen MR) is 109 cm³/mol. The first-order valence-electron chi connectivity index (χ1n) is 8.83. The lowest BCUT2D eigenvalue weighted by Gasteiger charge is -2.33. The number of anilines is 2. The third-order valence-electron chi connectivity index (χ3n) is 4.94. The molecule has 1 saturated heterocycles. The Morgan fingerprint density at radius 1 is 1.08 bits per heavy atom. The first kappa shape index (κ1) is 19.0. The van der Waals surface area contributed by atoms with Crippen molar-refractivity contribution < 1.29 is 9.69 Å². The number of carbonyl (C=O) groups excluding carboxylic acids is 1. The van der Waals surface area contributed by atoms with Crippen LogP contribution in [-0.4, -0.2) is 38.6 Å². The van der Waals surface area contributed by atoms with Gasteiger partial charge in [-0.25, -0.2) is 0 Å². The largest absolute Gasteiger partial charge is 0.360 e. The summed E-state index contributed by atoms with van der Waals surface area (Å²) in [5.41, 5.74) is 4.46. The number of carbonyl (C=O) groups is 1. The van der Waals surface area contributed by atoms with E-state index in [4.69, 9.17) is 23.2 Å². The smallest absolute Gasteiger partial charge is 0.279 e. The number of benzene rings is 2. The molecule has 6 heteroatoms. The Morgan fingerprint density at radius 2 is 1.81 bits per heavy atom. The first-order valence-corrected chi connectivity index (χ1v) is 9.58. The number of rotatable bonds is 4. The number of piperazine rings is 1. The molecule has 2 N–H and O–H groups in total. The number of amides is 1. The Bertz CT molecular complexity index is 802. The Morgan fingerprint density at radius 3 is 2.50 bits per heavy atom. The molecule has 1 amide bonds. The van der Waals surface area contributed by atoms with Gasteiger partial charge in [-0.3, -0.25) is 4.79 Å². The van der Waals surface area contributed by atoms with Crippen LogP contribution in [0.25, 0.3) is 0 Å². The molecule has 0 saturated carbocycles. The second-order valence-electron chi connectivity index (χ2n) is 6.85. The van der Waals surface area contributed by atoms with Gasteiger partial charge >= 0.3 is 0 Å². The van der Waals surface area contributed by atoms with Crippen LogP contribution in [0.4, 0.5) is 11.4 Å². The fraction of sp³-hybridized carbons (Fsp3) is 0.350. The van der Waals surface area contributed by atoms with E-state index in [1.807, 2.05) is 0 Å². The molecule has 0 spiro atoms. The van der Waals surface area contributed by atoms with Crippen LogP contribution in [0, 0.1) is 13.8 Å². The Balaban J connectivity index is 1.52. The summed E-state index contributed by atoms with van der Waals surface area (Å²) in [4.78, 5) is 16.0. The molecule has 0 unspecified atom stereocenters. The molecule has 2 aromatic carbocycles. The minimum absolute atomic E-state index is 0.0382. The molecule has 3 rings (SSSR count). The van der Waals surface area contributed by atoms with Crippen LogP contribution in [0.1, 0.15) is 11.1 Å². The molecule has 1 fully saturated rings. The third-order valence-corrected chi connectivity index (χ3v) is 5.50. The van der Waals surface area contributed by atoms with Gasteiger partial charge in [0, 0.05) is 10.7 Å². The summed E-state index contributed by atoms with van der Waals surface area (Å²) in [6.07, 6.45) is 0. The highest BCUT2D eigenvalue weighted by molar-refractivity contribution is 6.35. The average Bonchev–Trinajstić information content (AvgIpc) is 2.61. The predicted octanol–water partition coefficient (Wildman–Crippen LogP) is 2.95. The third kappa shape index (κ3) is 4.70. The number of nitrogens with zero attached hydrogens (tertiary/aromatic N) is 1. The zero-order valence-corrected chi connectivity index (χ0v) is 16.6. The molecule has 4 nitrogen and oxygen atoms in total. The van der Waals surface area contributed by atoms with Crippen molar-refractivity contribution in [2.45, 2.75) is 13.8 Å². The minimum atomic E-state index is -0.0382. The molecule has 0 aliphatic carbocycles. The van der Waals surface area contributed by atoms with Crippen LogP contribution in [-0.2, 0) is 4.79 Å². The van der Waals surface area contributed by atoms with E-state index >= 15 is 0 Å². The van der Waals surface area contributed by atoms with Gasteiger partial charge in [0.2, 0.25) is 0 Å². The fourth-order valence-electron chi connectivity index (χ4n) is 3.19. The van der Waals surface area contributed by atoms with Crippen molar-refractivity contribution in [1.82, 2.24) is 0 Å². The highest BCUT2D eigenvalue weighted by Crippen LogP contribution is 2.25. The maximum atomic E-state index is 12.3. The van der Waals surface area contributed by atoms with Crippen molar-refractivity contribution in [1.29, 1.82) is 0 Å². The molecule has 0 bridgehead atoms. The van der Waals surface area contributed by atoms with Crippen molar-refractivity contribution in [3.05, 3.63) is 57.6 Å². The Hall–Kier alpha value is -1.75. The summed E-state index contributed by atoms with van der Waals surface area (Å²) >= 11 is 12.1. The zero-order chi connectivity index (χ0) is 18.7. The van der Waals surface area contributed by atoms with E-state index in [1.165, 1.54) is 21.7 Å². The van der Waals surface area contributed by atoms with Gasteiger partial charge < -0.3 is 15.1 Å². The van der Waals surface area contributed by atoms with Gasteiger partial charge in [0.25, 0.3) is 5.91 Å². The van der Waals surface area contributed by atoms with E-state index in [-0.39, 0.29) is 5.91 Å². The molecular formula is C20H24Cl2N3O+. The van der Waals surface area contributed by atoms with Crippen molar-refractivity contribution in [2.24, 2.45) is 0 Å². The standard InChI is InChI=1S/C20H23Cl2N3O/c1-14-3-5-17(11-15(14)2)25-9-7-24(8-10-25)13-20(26)23-19-12-16(21)4-6-18(19)22/h3-6,11-12H,7-10,13H2,1-2H3,(H,23,26)/p+1. The van der Waals surface area contributed by atoms with Gasteiger partial charge in [-0.2, -0.15) is 0 Å². The maximum Gasteiger partial charge on any atom is 0.279 e. The summed E-state index contributed by atoms with van der Waals surface area (Å²) < 4.78 is 0. The zero-order valence-electron chi connectivity index (χ0n) is 15.1. The maximum absolute atomic E-state index is 12.3. The quantitative estimate of drug-likeness (QED) is 0.838. The summed E-state index contributed by atoms with van der Waals surface area (Å²) in [7, 11) is 0. The van der Waals surface area contributed by atoms with Crippen molar-refractivity contribution in [2.75, 3.05) is 42.9 Å². The van der Waals surface area contributed by atoms with Gasteiger partial charge in [0.05, 0.1) is 36.9 Å². The average molecular weight is 393 g/mol. The lowest BCUT2D eigenvalue weighted by atomic mass is 10.1. The number of nitrogens with one attached hydrogen (secondary N) is 2. The number of halogens is 2. The highest BCUT2D eigenvalue weighted by atomic mass is 35.5. The van der Waals surface area contributed by atoms with E-state index in [2.05, 4.69) is 42.3 Å². The summed E-state index contributed by atoms with van der Waals surface area (Å²) in [6.45, 7) is 8.47. The Labute approximate surface area is 164 Å².